The molecule has 1 fully saturated rings. The Hall–Kier alpha value is -0.0500. The summed E-state index contributed by atoms with van der Waals surface area (Å²) < 4.78 is 1.13. The molecule has 16 heavy (non-hydrogen) atoms. The zero-order chi connectivity index (χ0) is 11.8. The van der Waals surface area contributed by atoms with Crippen molar-refractivity contribution in [2.45, 2.75) is 38.2 Å². The number of hydrogen-bond donors (Lipinski definition) is 1. The van der Waals surface area contributed by atoms with Gasteiger partial charge in [-0.05, 0) is 29.5 Å². The molecule has 2 unspecified atom stereocenters. The van der Waals surface area contributed by atoms with Crippen LogP contribution in [0, 0.1) is 5.41 Å². The van der Waals surface area contributed by atoms with Crippen LogP contribution in [0.15, 0.2) is 28.7 Å². The summed E-state index contributed by atoms with van der Waals surface area (Å²) >= 11 is 9.68. The molecule has 1 aliphatic carbocycles. The molecular weight excluding hydrogens is 286 g/mol. The molecule has 0 spiro atoms. The lowest BCUT2D eigenvalue weighted by molar-refractivity contribution is 0.115. The molecule has 0 radical (unpaired) electrons. The topological polar surface area (TPSA) is 12.0 Å². The number of halogens is 2. The summed E-state index contributed by atoms with van der Waals surface area (Å²) in [5, 5.41) is 3.89. The number of nitrogens with one attached hydrogen (secondary N) is 1. The standard InChI is InChI=1S/C13H17BrClN/c1-13(2)11(15)7-12(13)16-8-9-4-3-5-10(14)6-9/h3-6,11-12,16H,7-8H2,1-2H3. The van der Waals surface area contributed by atoms with Gasteiger partial charge in [0.15, 0.2) is 0 Å². The molecule has 88 valence electrons. The number of benzene rings is 1. The SMILES string of the molecule is CC1(C)C(Cl)CC1NCc1cccc(Br)c1. The highest BCUT2D eigenvalue weighted by Crippen LogP contribution is 2.44. The average molecular weight is 303 g/mol. The second-order valence-corrected chi connectivity index (χ2v) is 6.53. The van der Waals surface area contributed by atoms with Crippen molar-refractivity contribution < 1.29 is 0 Å². The van der Waals surface area contributed by atoms with Gasteiger partial charge >= 0.3 is 0 Å². The summed E-state index contributed by atoms with van der Waals surface area (Å²) in [7, 11) is 0. The Morgan fingerprint density at radius 3 is 2.81 bits per heavy atom. The lowest BCUT2D eigenvalue weighted by Crippen LogP contribution is -2.57. The Morgan fingerprint density at radius 2 is 2.25 bits per heavy atom. The normalized spacial score (nSPS) is 27.5. The molecule has 0 heterocycles. The molecule has 1 N–H and O–H groups in total. The molecule has 0 saturated heterocycles. The van der Waals surface area contributed by atoms with E-state index in [0.717, 1.165) is 17.4 Å². The predicted molar refractivity (Wildman–Crippen MR) is 72.8 cm³/mol. The minimum atomic E-state index is 0.216. The van der Waals surface area contributed by atoms with Gasteiger partial charge in [-0.15, -0.1) is 11.6 Å². The lowest BCUT2D eigenvalue weighted by atomic mass is 9.67. The molecule has 1 aliphatic rings. The minimum Gasteiger partial charge on any atom is -0.309 e. The van der Waals surface area contributed by atoms with Crippen LogP contribution in [0.25, 0.3) is 0 Å². The second-order valence-electron chi connectivity index (χ2n) is 5.09. The van der Waals surface area contributed by atoms with E-state index in [2.05, 4.69) is 53.3 Å². The van der Waals surface area contributed by atoms with Gasteiger partial charge in [0, 0.05) is 22.4 Å². The fourth-order valence-corrected chi connectivity index (χ4v) is 2.88. The van der Waals surface area contributed by atoms with Crippen LogP contribution in [0.4, 0.5) is 0 Å². The van der Waals surface area contributed by atoms with Crippen molar-refractivity contribution in [3.05, 3.63) is 34.3 Å². The quantitative estimate of drug-likeness (QED) is 0.834. The summed E-state index contributed by atoms with van der Waals surface area (Å²) in [6.07, 6.45) is 1.07. The number of alkyl halides is 1. The van der Waals surface area contributed by atoms with Crippen molar-refractivity contribution >= 4 is 27.5 Å². The maximum atomic E-state index is 6.19. The van der Waals surface area contributed by atoms with E-state index in [1.165, 1.54) is 5.56 Å². The van der Waals surface area contributed by atoms with Gasteiger partial charge in [-0.1, -0.05) is 41.9 Å². The first-order chi connectivity index (χ1) is 7.50. The van der Waals surface area contributed by atoms with Gasteiger partial charge in [0.25, 0.3) is 0 Å². The van der Waals surface area contributed by atoms with E-state index >= 15 is 0 Å². The van der Waals surface area contributed by atoms with Gasteiger partial charge in [0.05, 0.1) is 0 Å². The maximum absolute atomic E-state index is 6.19. The Balaban J connectivity index is 1.89. The molecule has 3 heteroatoms. The van der Waals surface area contributed by atoms with Crippen LogP contribution in [0.5, 0.6) is 0 Å². The molecule has 0 aromatic heterocycles. The van der Waals surface area contributed by atoms with Gasteiger partial charge < -0.3 is 5.32 Å². The second kappa shape index (κ2) is 4.67. The van der Waals surface area contributed by atoms with E-state index in [4.69, 9.17) is 11.6 Å². The Labute approximate surface area is 111 Å². The van der Waals surface area contributed by atoms with Crippen molar-refractivity contribution in [1.82, 2.24) is 5.32 Å². The third kappa shape index (κ3) is 2.44. The van der Waals surface area contributed by atoms with Crippen LogP contribution in [-0.2, 0) is 6.54 Å². The zero-order valence-corrected chi connectivity index (χ0v) is 12.0. The van der Waals surface area contributed by atoms with E-state index in [0.29, 0.717) is 11.4 Å². The first-order valence-corrected chi connectivity index (χ1v) is 6.85. The summed E-state index contributed by atoms with van der Waals surface area (Å²) in [5.74, 6) is 0. The van der Waals surface area contributed by atoms with Crippen LogP contribution >= 0.6 is 27.5 Å². The first-order valence-electron chi connectivity index (χ1n) is 5.62. The van der Waals surface area contributed by atoms with Crippen LogP contribution in [-0.4, -0.2) is 11.4 Å². The Bertz CT molecular complexity index is 378. The average Bonchev–Trinajstić information content (AvgIpc) is 2.24. The molecule has 2 atom stereocenters. The van der Waals surface area contributed by atoms with Crippen molar-refractivity contribution in [2.75, 3.05) is 0 Å². The van der Waals surface area contributed by atoms with Crippen molar-refractivity contribution in [3.63, 3.8) is 0 Å². The highest BCUT2D eigenvalue weighted by atomic mass is 79.9. The fourth-order valence-electron chi connectivity index (χ4n) is 2.11. The summed E-state index contributed by atoms with van der Waals surface area (Å²) in [4.78, 5) is 0. The van der Waals surface area contributed by atoms with Gasteiger partial charge in [-0.3, -0.25) is 0 Å². The zero-order valence-electron chi connectivity index (χ0n) is 9.63. The Morgan fingerprint density at radius 1 is 1.50 bits per heavy atom. The molecule has 0 bridgehead atoms. The maximum Gasteiger partial charge on any atom is 0.0416 e. The van der Waals surface area contributed by atoms with E-state index < -0.39 is 0 Å². The predicted octanol–water partition coefficient (Wildman–Crippen LogP) is 3.94. The molecule has 1 aromatic rings. The molecule has 1 saturated carbocycles. The smallest absolute Gasteiger partial charge is 0.0416 e. The van der Waals surface area contributed by atoms with Crippen LogP contribution < -0.4 is 5.32 Å². The fraction of sp³-hybridized carbons (Fsp3) is 0.538. The largest absolute Gasteiger partial charge is 0.309 e. The van der Waals surface area contributed by atoms with E-state index in [1.54, 1.807) is 0 Å². The monoisotopic (exact) mass is 301 g/mol. The van der Waals surface area contributed by atoms with E-state index in [9.17, 15) is 0 Å². The van der Waals surface area contributed by atoms with Crippen LogP contribution in [0.2, 0.25) is 0 Å². The molecule has 1 aromatic carbocycles. The van der Waals surface area contributed by atoms with Crippen molar-refractivity contribution in [2.24, 2.45) is 5.41 Å². The number of hydrogen-bond acceptors (Lipinski definition) is 1. The van der Waals surface area contributed by atoms with Gasteiger partial charge in [-0.2, -0.15) is 0 Å². The molecular formula is C13H17BrClN. The third-order valence-corrected chi connectivity index (χ3v) is 4.82. The van der Waals surface area contributed by atoms with Gasteiger partial charge in [0.1, 0.15) is 0 Å². The van der Waals surface area contributed by atoms with Gasteiger partial charge in [-0.25, -0.2) is 0 Å². The van der Waals surface area contributed by atoms with Crippen molar-refractivity contribution in [1.29, 1.82) is 0 Å². The van der Waals surface area contributed by atoms with E-state index in [1.807, 2.05) is 6.07 Å². The highest BCUT2D eigenvalue weighted by Gasteiger charge is 2.46. The Kier molecular flexibility index (Phi) is 3.62. The van der Waals surface area contributed by atoms with Crippen LogP contribution in [0.1, 0.15) is 25.8 Å². The molecule has 0 amide bonds. The number of rotatable bonds is 3. The summed E-state index contributed by atoms with van der Waals surface area (Å²) in [6, 6.07) is 8.94. The van der Waals surface area contributed by atoms with E-state index in [-0.39, 0.29) is 5.41 Å². The summed E-state index contributed by atoms with van der Waals surface area (Å²) in [6.45, 7) is 5.37. The molecule has 1 nitrogen and oxygen atoms in total. The highest BCUT2D eigenvalue weighted by molar-refractivity contribution is 9.10. The molecule has 0 aliphatic heterocycles. The summed E-state index contributed by atoms with van der Waals surface area (Å²) in [5.41, 5.74) is 1.52. The molecule has 2 rings (SSSR count). The first kappa shape index (κ1) is 12.4. The third-order valence-electron chi connectivity index (χ3n) is 3.59. The van der Waals surface area contributed by atoms with Gasteiger partial charge in [0.2, 0.25) is 0 Å². The van der Waals surface area contributed by atoms with Crippen LogP contribution in [0.3, 0.4) is 0 Å². The minimum absolute atomic E-state index is 0.216. The lowest BCUT2D eigenvalue weighted by Gasteiger charge is -2.49. The van der Waals surface area contributed by atoms with Crippen molar-refractivity contribution in [3.8, 4) is 0 Å².